The van der Waals surface area contributed by atoms with Crippen molar-refractivity contribution >= 4 is 0 Å². The molecule has 1 fully saturated rings. The van der Waals surface area contributed by atoms with Crippen molar-refractivity contribution in [2.45, 2.75) is 70.6 Å². The zero-order valence-electron chi connectivity index (χ0n) is 17.8. The Balaban J connectivity index is 1.50. The van der Waals surface area contributed by atoms with Crippen molar-refractivity contribution in [3.8, 4) is 16.9 Å². The van der Waals surface area contributed by atoms with E-state index < -0.39 is 0 Å². The van der Waals surface area contributed by atoms with Gasteiger partial charge in [0, 0.05) is 0 Å². The van der Waals surface area contributed by atoms with Crippen LogP contribution in [0.2, 0.25) is 0 Å². The molecule has 1 aliphatic carbocycles. The second-order valence-corrected chi connectivity index (χ2v) is 8.36. The van der Waals surface area contributed by atoms with Gasteiger partial charge in [0.2, 0.25) is 0 Å². The van der Waals surface area contributed by atoms with Crippen LogP contribution in [0.5, 0.6) is 5.75 Å². The first-order valence-corrected chi connectivity index (χ1v) is 11.4. The van der Waals surface area contributed by atoms with Gasteiger partial charge >= 0.3 is 0 Å². The van der Waals surface area contributed by atoms with Crippen LogP contribution < -0.4 is 4.74 Å². The van der Waals surface area contributed by atoms with Crippen LogP contribution in [-0.4, -0.2) is 6.61 Å². The van der Waals surface area contributed by atoms with Gasteiger partial charge in [-0.25, -0.2) is 4.39 Å². The van der Waals surface area contributed by atoms with Gasteiger partial charge in [0.15, 0.2) is 0 Å². The van der Waals surface area contributed by atoms with E-state index >= 15 is 0 Å². The summed E-state index contributed by atoms with van der Waals surface area (Å²) in [4.78, 5) is 0. The average molecular weight is 395 g/mol. The minimum absolute atomic E-state index is 0.677. The molecule has 0 N–H and O–H groups in total. The Kier molecular flexibility index (Phi) is 8.80. The summed E-state index contributed by atoms with van der Waals surface area (Å²) in [6.07, 6.45) is 13.0. The fourth-order valence-corrected chi connectivity index (χ4v) is 4.41. The van der Waals surface area contributed by atoms with Gasteiger partial charge in [-0.3, -0.25) is 0 Å². The van der Waals surface area contributed by atoms with Crippen molar-refractivity contribution in [1.82, 2.24) is 0 Å². The zero-order chi connectivity index (χ0) is 20.3. The largest absolute Gasteiger partial charge is 0.494 e. The highest BCUT2D eigenvalue weighted by Gasteiger charge is 2.21. The highest BCUT2D eigenvalue weighted by molar-refractivity contribution is 5.64. The van der Waals surface area contributed by atoms with Crippen LogP contribution in [0.4, 0.5) is 4.39 Å². The van der Waals surface area contributed by atoms with Crippen molar-refractivity contribution in [2.24, 2.45) is 5.92 Å². The van der Waals surface area contributed by atoms with Gasteiger partial charge in [0.1, 0.15) is 5.75 Å². The number of allylic oxidation sites excluding steroid dienone is 1. The van der Waals surface area contributed by atoms with Gasteiger partial charge in [0.25, 0.3) is 0 Å². The summed E-state index contributed by atoms with van der Waals surface area (Å²) in [5.74, 6) is 2.40. The highest BCUT2D eigenvalue weighted by atomic mass is 19.1. The fourth-order valence-electron chi connectivity index (χ4n) is 4.41. The Hall–Kier alpha value is -2.09. The first kappa shape index (κ1) is 21.6. The quantitative estimate of drug-likeness (QED) is 0.367. The average Bonchev–Trinajstić information content (AvgIpc) is 2.78. The number of ether oxygens (including phenoxy) is 1. The number of rotatable bonds is 10. The van der Waals surface area contributed by atoms with Gasteiger partial charge < -0.3 is 4.74 Å². The number of hydrogen-bond donors (Lipinski definition) is 0. The fraction of sp³-hybridized carbons (Fsp3) is 0.481. The third-order valence-corrected chi connectivity index (χ3v) is 6.26. The maximum absolute atomic E-state index is 12.1. The number of halogens is 1. The van der Waals surface area contributed by atoms with E-state index in [-0.39, 0.29) is 0 Å². The standard InChI is InChI=1S/C27H35FO/c1-2-3-6-21-29-27-18-16-26(17-19-27)25-14-12-24(13-15-25)23-10-8-22(9-11-23)7-4-5-20-28/h5,12-20,22-23H,2-4,6-11,21H2,1H3/b20-5+/t22-,23-. The van der Waals surface area contributed by atoms with Crippen molar-refractivity contribution in [1.29, 1.82) is 0 Å². The van der Waals surface area contributed by atoms with E-state index in [0.717, 1.165) is 37.5 Å². The van der Waals surface area contributed by atoms with E-state index in [1.807, 2.05) is 0 Å². The molecule has 0 radical (unpaired) electrons. The summed E-state index contributed by atoms with van der Waals surface area (Å²) in [5.41, 5.74) is 3.96. The monoisotopic (exact) mass is 394 g/mol. The van der Waals surface area contributed by atoms with E-state index in [2.05, 4.69) is 55.5 Å². The zero-order valence-corrected chi connectivity index (χ0v) is 17.8. The molecular formula is C27H35FO. The normalized spacial score (nSPS) is 19.5. The van der Waals surface area contributed by atoms with Gasteiger partial charge in [-0.05, 0) is 85.6 Å². The topological polar surface area (TPSA) is 9.23 Å². The lowest BCUT2D eigenvalue weighted by Crippen LogP contribution is -2.13. The highest BCUT2D eigenvalue weighted by Crippen LogP contribution is 2.38. The predicted octanol–water partition coefficient (Wildman–Crippen LogP) is 8.46. The number of unbranched alkanes of at least 4 members (excludes halogenated alkanes) is 2. The molecular weight excluding hydrogens is 359 g/mol. The number of hydrogen-bond acceptors (Lipinski definition) is 1. The second-order valence-electron chi connectivity index (χ2n) is 8.36. The van der Waals surface area contributed by atoms with Crippen LogP contribution in [-0.2, 0) is 0 Å². The Morgan fingerprint density at radius 3 is 2.17 bits per heavy atom. The molecule has 29 heavy (non-hydrogen) atoms. The summed E-state index contributed by atoms with van der Waals surface area (Å²) in [6, 6.07) is 17.6. The first-order chi connectivity index (χ1) is 14.3. The minimum atomic E-state index is 0.677. The van der Waals surface area contributed by atoms with Gasteiger partial charge in [-0.2, -0.15) is 0 Å². The SMILES string of the molecule is CCCCCOc1ccc(-c2ccc([C@H]3CC[C@H](CC/C=C/F)CC3)cc2)cc1. The van der Waals surface area contributed by atoms with Crippen molar-refractivity contribution < 1.29 is 9.13 Å². The van der Waals surface area contributed by atoms with Gasteiger partial charge in [-0.15, -0.1) is 0 Å². The molecule has 2 heteroatoms. The van der Waals surface area contributed by atoms with Crippen LogP contribution in [0.25, 0.3) is 11.1 Å². The molecule has 0 heterocycles. The maximum atomic E-state index is 12.1. The third kappa shape index (κ3) is 6.73. The van der Waals surface area contributed by atoms with Crippen molar-refractivity contribution in [3.05, 3.63) is 66.5 Å². The van der Waals surface area contributed by atoms with Crippen molar-refractivity contribution in [2.75, 3.05) is 6.61 Å². The van der Waals surface area contributed by atoms with E-state index in [4.69, 9.17) is 4.74 Å². The Labute approximate surface area is 176 Å². The lowest BCUT2D eigenvalue weighted by molar-refractivity contribution is 0.306. The molecule has 3 rings (SSSR count). The molecule has 156 valence electrons. The smallest absolute Gasteiger partial charge is 0.119 e. The molecule has 1 saturated carbocycles. The Morgan fingerprint density at radius 1 is 0.897 bits per heavy atom. The number of benzene rings is 2. The molecule has 2 aromatic rings. The molecule has 0 aliphatic heterocycles. The van der Waals surface area contributed by atoms with E-state index in [1.54, 1.807) is 6.08 Å². The van der Waals surface area contributed by atoms with Crippen LogP contribution in [0.3, 0.4) is 0 Å². The molecule has 0 amide bonds. The predicted molar refractivity (Wildman–Crippen MR) is 121 cm³/mol. The van der Waals surface area contributed by atoms with E-state index in [1.165, 1.54) is 55.2 Å². The molecule has 0 aromatic heterocycles. The van der Waals surface area contributed by atoms with Gasteiger partial charge in [-0.1, -0.05) is 62.2 Å². The summed E-state index contributed by atoms with van der Waals surface area (Å²) in [5, 5.41) is 0. The van der Waals surface area contributed by atoms with Crippen LogP contribution in [0.15, 0.2) is 60.9 Å². The molecule has 0 saturated heterocycles. The molecule has 0 spiro atoms. The van der Waals surface area contributed by atoms with Crippen molar-refractivity contribution in [3.63, 3.8) is 0 Å². The molecule has 1 aliphatic rings. The lowest BCUT2D eigenvalue weighted by atomic mass is 9.77. The van der Waals surface area contributed by atoms with Crippen LogP contribution in [0.1, 0.15) is 76.2 Å². The Morgan fingerprint density at radius 2 is 1.55 bits per heavy atom. The minimum Gasteiger partial charge on any atom is -0.494 e. The summed E-state index contributed by atoms with van der Waals surface area (Å²) in [7, 11) is 0. The lowest BCUT2D eigenvalue weighted by Gasteiger charge is -2.28. The first-order valence-electron chi connectivity index (χ1n) is 11.4. The second kappa shape index (κ2) is 11.8. The third-order valence-electron chi connectivity index (χ3n) is 6.26. The van der Waals surface area contributed by atoms with Gasteiger partial charge in [0.05, 0.1) is 12.9 Å². The Bertz CT molecular complexity index is 724. The maximum Gasteiger partial charge on any atom is 0.119 e. The van der Waals surface area contributed by atoms with Crippen LogP contribution in [0, 0.1) is 5.92 Å². The molecule has 0 bridgehead atoms. The summed E-state index contributed by atoms with van der Waals surface area (Å²) in [6.45, 7) is 3.01. The molecule has 1 nitrogen and oxygen atoms in total. The molecule has 2 aromatic carbocycles. The summed E-state index contributed by atoms with van der Waals surface area (Å²) < 4.78 is 17.9. The summed E-state index contributed by atoms with van der Waals surface area (Å²) >= 11 is 0. The van der Waals surface area contributed by atoms with Crippen LogP contribution >= 0.6 is 0 Å². The van der Waals surface area contributed by atoms with E-state index in [9.17, 15) is 4.39 Å². The van der Waals surface area contributed by atoms with E-state index in [0.29, 0.717) is 12.2 Å². The molecule has 0 atom stereocenters. The molecule has 0 unspecified atom stereocenters.